The van der Waals surface area contributed by atoms with Crippen LogP contribution in [0.25, 0.3) is 11.1 Å². The van der Waals surface area contributed by atoms with Gasteiger partial charge in [0.25, 0.3) is 0 Å². The van der Waals surface area contributed by atoms with E-state index in [-0.39, 0.29) is 5.41 Å². The van der Waals surface area contributed by atoms with Crippen LogP contribution in [0.3, 0.4) is 0 Å². The summed E-state index contributed by atoms with van der Waals surface area (Å²) in [6.07, 6.45) is 0. The summed E-state index contributed by atoms with van der Waals surface area (Å²) in [7, 11) is -1.46. The van der Waals surface area contributed by atoms with Crippen molar-refractivity contribution in [1.82, 2.24) is 0 Å². The van der Waals surface area contributed by atoms with Gasteiger partial charge in [-0.25, -0.2) is 0 Å². The van der Waals surface area contributed by atoms with Crippen LogP contribution in [-0.2, 0) is 5.41 Å². The Bertz CT molecular complexity index is 924. The third-order valence-corrected chi connectivity index (χ3v) is 5.54. The van der Waals surface area contributed by atoms with E-state index in [4.69, 9.17) is 0 Å². The number of hydrogen-bond donors (Lipinski definition) is 2. The van der Waals surface area contributed by atoms with Crippen molar-refractivity contribution in [1.29, 1.82) is 0 Å². The summed E-state index contributed by atoms with van der Waals surface area (Å²) in [4.78, 5) is 0. The Kier molecular flexibility index (Phi) is 3.64. The summed E-state index contributed by atoms with van der Waals surface area (Å²) in [5.74, 6) is 0. The molecule has 0 aromatic heterocycles. The highest BCUT2D eigenvalue weighted by Crippen LogP contribution is 2.52. The Hall–Kier alpha value is -1.88. The van der Waals surface area contributed by atoms with Gasteiger partial charge in [0, 0.05) is 9.89 Å². The van der Waals surface area contributed by atoms with Gasteiger partial charge in [0.05, 0.1) is 0 Å². The Labute approximate surface area is 150 Å². The van der Waals surface area contributed by atoms with Crippen LogP contribution in [0.15, 0.2) is 71.2 Å². The van der Waals surface area contributed by atoms with Gasteiger partial charge in [-0.3, -0.25) is 0 Å². The quantitative estimate of drug-likeness (QED) is 0.670. The van der Waals surface area contributed by atoms with Crippen molar-refractivity contribution in [3.8, 4) is 11.1 Å². The molecule has 1 atom stereocenters. The topological polar surface area (TPSA) is 40.5 Å². The molecule has 2 nitrogen and oxygen atoms in total. The zero-order valence-electron chi connectivity index (χ0n) is 13.2. The summed E-state index contributed by atoms with van der Waals surface area (Å²) in [5, 5.41) is 19.1. The Balaban J connectivity index is 2.05. The molecule has 4 rings (SSSR count). The second-order valence-corrected chi connectivity index (χ2v) is 7.28. The monoisotopic (exact) mass is 378 g/mol. The van der Waals surface area contributed by atoms with Gasteiger partial charge >= 0.3 is 7.12 Å². The van der Waals surface area contributed by atoms with Crippen molar-refractivity contribution in [2.75, 3.05) is 0 Å². The average molecular weight is 379 g/mol. The fourth-order valence-corrected chi connectivity index (χ4v) is 4.13. The Morgan fingerprint density at radius 3 is 2.29 bits per heavy atom. The molecule has 4 heteroatoms. The van der Waals surface area contributed by atoms with Crippen LogP contribution in [0.5, 0.6) is 0 Å². The molecule has 0 heterocycles. The molecule has 1 unspecified atom stereocenters. The molecule has 0 aliphatic heterocycles. The molecule has 1 aliphatic carbocycles. The smallest absolute Gasteiger partial charge is 0.423 e. The lowest BCUT2D eigenvalue weighted by Gasteiger charge is -2.28. The van der Waals surface area contributed by atoms with Gasteiger partial charge < -0.3 is 10.0 Å². The molecule has 1 aliphatic rings. The molecule has 0 radical (unpaired) electrons. The van der Waals surface area contributed by atoms with E-state index in [2.05, 4.69) is 59.3 Å². The molecule has 0 saturated heterocycles. The predicted molar refractivity (Wildman–Crippen MR) is 101 cm³/mol. The van der Waals surface area contributed by atoms with Crippen LogP contribution < -0.4 is 5.46 Å². The fraction of sp³-hybridized carbons (Fsp3) is 0.100. The molecule has 0 amide bonds. The van der Waals surface area contributed by atoms with E-state index in [9.17, 15) is 10.0 Å². The van der Waals surface area contributed by atoms with E-state index in [1.807, 2.05) is 24.3 Å². The highest BCUT2D eigenvalue weighted by Gasteiger charge is 2.41. The van der Waals surface area contributed by atoms with Gasteiger partial charge in [-0.15, -0.1) is 0 Å². The number of rotatable bonds is 2. The molecule has 0 saturated carbocycles. The lowest BCUT2D eigenvalue weighted by atomic mass is 9.73. The van der Waals surface area contributed by atoms with Crippen molar-refractivity contribution in [3.05, 3.63) is 87.9 Å². The Morgan fingerprint density at radius 1 is 0.833 bits per heavy atom. The minimum absolute atomic E-state index is 0.269. The zero-order chi connectivity index (χ0) is 16.9. The van der Waals surface area contributed by atoms with E-state index < -0.39 is 7.12 Å². The summed E-state index contributed by atoms with van der Waals surface area (Å²) in [6.45, 7) is 2.23. The van der Waals surface area contributed by atoms with Crippen molar-refractivity contribution < 1.29 is 10.0 Å². The number of hydrogen-bond acceptors (Lipinski definition) is 2. The minimum atomic E-state index is -1.46. The first-order valence-corrected chi connectivity index (χ1v) is 8.67. The maximum Gasteiger partial charge on any atom is 0.488 e. The second kappa shape index (κ2) is 5.59. The lowest BCUT2D eigenvalue weighted by molar-refractivity contribution is 0.426. The molecule has 3 aromatic carbocycles. The number of fused-ring (bicyclic) bond motifs is 3. The van der Waals surface area contributed by atoms with Gasteiger partial charge in [-0.1, -0.05) is 70.5 Å². The van der Waals surface area contributed by atoms with Gasteiger partial charge in [0.2, 0.25) is 0 Å². The molecule has 24 heavy (non-hydrogen) atoms. The third-order valence-electron chi connectivity index (χ3n) is 5.04. The maximum absolute atomic E-state index is 9.54. The molecule has 0 fully saturated rings. The first-order chi connectivity index (χ1) is 11.5. The standard InChI is InChI=1S/C20H16BBrO2/c1-20(13-5-3-2-4-6-13)18-10-7-14(21(23)24)11-17(18)16-9-8-15(22)12-19(16)20/h2-12,23-24H,1H3. The highest BCUT2D eigenvalue weighted by molar-refractivity contribution is 9.10. The second-order valence-electron chi connectivity index (χ2n) is 6.36. The van der Waals surface area contributed by atoms with Gasteiger partial charge in [-0.05, 0) is 52.3 Å². The first-order valence-electron chi connectivity index (χ1n) is 7.88. The fourth-order valence-electron chi connectivity index (χ4n) is 3.77. The molecule has 0 bridgehead atoms. The van der Waals surface area contributed by atoms with Crippen molar-refractivity contribution in [2.24, 2.45) is 0 Å². The van der Waals surface area contributed by atoms with E-state index in [1.165, 1.54) is 16.7 Å². The lowest BCUT2D eigenvalue weighted by Crippen LogP contribution is -2.30. The molecule has 0 spiro atoms. The van der Waals surface area contributed by atoms with E-state index in [0.717, 1.165) is 15.6 Å². The predicted octanol–water partition coefficient (Wildman–Crippen LogP) is 3.46. The van der Waals surface area contributed by atoms with E-state index >= 15 is 0 Å². The van der Waals surface area contributed by atoms with Gasteiger partial charge in [0.1, 0.15) is 0 Å². The highest BCUT2D eigenvalue weighted by atomic mass is 79.9. The number of benzene rings is 3. The van der Waals surface area contributed by atoms with Crippen LogP contribution in [0, 0.1) is 0 Å². The molecule has 118 valence electrons. The van der Waals surface area contributed by atoms with Crippen LogP contribution >= 0.6 is 15.9 Å². The van der Waals surface area contributed by atoms with Crippen molar-refractivity contribution >= 4 is 28.5 Å². The van der Waals surface area contributed by atoms with Gasteiger partial charge in [0.15, 0.2) is 0 Å². The molecule has 3 aromatic rings. The molecular weight excluding hydrogens is 363 g/mol. The minimum Gasteiger partial charge on any atom is -0.423 e. The summed E-state index contributed by atoms with van der Waals surface area (Å²) in [5.41, 5.74) is 6.08. The molecular formula is C20H16BBrO2. The van der Waals surface area contributed by atoms with Crippen molar-refractivity contribution in [2.45, 2.75) is 12.3 Å². The zero-order valence-corrected chi connectivity index (χ0v) is 14.8. The van der Waals surface area contributed by atoms with E-state index in [1.54, 1.807) is 6.07 Å². The SMILES string of the molecule is CC1(c2ccccc2)c2ccc(B(O)O)cc2-c2ccc(Br)cc21. The van der Waals surface area contributed by atoms with E-state index in [0.29, 0.717) is 5.46 Å². The summed E-state index contributed by atoms with van der Waals surface area (Å²) >= 11 is 3.59. The first kappa shape index (κ1) is 15.6. The summed E-state index contributed by atoms with van der Waals surface area (Å²) < 4.78 is 1.04. The largest absolute Gasteiger partial charge is 0.488 e. The van der Waals surface area contributed by atoms with Gasteiger partial charge in [-0.2, -0.15) is 0 Å². The van der Waals surface area contributed by atoms with Crippen LogP contribution in [0.2, 0.25) is 0 Å². The van der Waals surface area contributed by atoms with Crippen LogP contribution in [-0.4, -0.2) is 17.2 Å². The summed E-state index contributed by atoms with van der Waals surface area (Å²) in [6, 6.07) is 22.4. The Morgan fingerprint density at radius 2 is 1.58 bits per heavy atom. The van der Waals surface area contributed by atoms with Crippen LogP contribution in [0.1, 0.15) is 23.6 Å². The van der Waals surface area contributed by atoms with Crippen molar-refractivity contribution in [3.63, 3.8) is 0 Å². The maximum atomic E-state index is 9.54. The third kappa shape index (κ3) is 2.18. The molecule has 2 N–H and O–H groups in total. The van der Waals surface area contributed by atoms with Crippen LogP contribution in [0.4, 0.5) is 0 Å². The number of halogens is 1. The average Bonchev–Trinajstić information content (AvgIpc) is 2.85. The normalized spacial score (nSPS) is 18.2.